The fourth-order valence-electron chi connectivity index (χ4n) is 7.10. The smallest absolute Gasteiger partial charge is 0.292 e. The molecule has 4 aromatic rings. The van der Waals surface area contributed by atoms with Crippen LogP contribution in [0.3, 0.4) is 0 Å². The molecule has 3 heterocycles. The molecule has 2 amide bonds. The maximum atomic E-state index is 14.6. The van der Waals surface area contributed by atoms with E-state index in [1.54, 1.807) is 104 Å². The molecule has 0 bridgehead atoms. The largest absolute Gasteiger partial charge is 0.497 e. The van der Waals surface area contributed by atoms with E-state index in [0.717, 1.165) is 5.56 Å². The van der Waals surface area contributed by atoms with Crippen LogP contribution >= 0.6 is 23.2 Å². The van der Waals surface area contributed by atoms with Gasteiger partial charge in [0.2, 0.25) is 5.91 Å². The van der Waals surface area contributed by atoms with Crippen molar-refractivity contribution in [2.75, 3.05) is 32.3 Å². The molecule has 3 aromatic carbocycles. The molecule has 0 radical (unpaired) electrons. The number of amides is 2. The summed E-state index contributed by atoms with van der Waals surface area (Å²) in [5.74, 6) is 0.607. The zero-order valence-corrected chi connectivity index (χ0v) is 31.2. The number of anilines is 1. The van der Waals surface area contributed by atoms with Gasteiger partial charge in [0.15, 0.2) is 18.5 Å². The highest BCUT2D eigenvalue weighted by Gasteiger charge is 2.50. The molecule has 6 atom stereocenters. The van der Waals surface area contributed by atoms with Gasteiger partial charge in [0.05, 0.1) is 33.9 Å². The number of aliphatic hydroxyl groups excluding tert-OH is 4. The summed E-state index contributed by atoms with van der Waals surface area (Å²) in [5, 5.41) is 41.6. The SMILES string of the molecule is CCN(Cc1ccc[n+]([C@@H]2O[C@H](CO)[C@@H](O)[C@H](O)[C@H]2O)c1)C(=O)c1ccc(Cl)c(C2(C)C(=O)N(Cc3ccc(OC)cc3OC)c3ccc(Cl)cc32)c1. The first kappa shape index (κ1) is 38.5. The molecule has 14 heteroatoms. The molecule has 53 heavy (non-hydrogen) atoms. The number of hydrogen-bond acceptors (Lipinski definition) is 9. The van der Waals surface area contributed by atoms with Crippen molar-refractivity contribution in [3.05, 3.63) is 117 Å². The number of aliphatic hydroxyl groups is 4. The van der Waals surface area contributed by atoms with Gasteiger partial charge in [-0.2, -0.15) is 4.57 Å². The van der Waals surface area contributed by atoms with Crippen LogP contribution in [0.2, 0.25) is 10.0 Å². The molecule has 280 valence electrons. The lowest BCUT2D eigenvalue weighted by Gasteiger charge is -2.36. The van der Waals surface area contributed by atoms with Crippen LogP contribution in [-0.2, 0) is 28.0 Å². The lowest BCUT2D eigenvalue weighted by Crippen LogP contribution is -2.62. The second-order valence-electron chi connectivity index (χ2n) is 13.2. The van der Waals surface area contributed by atoms with Crippen molar-refractivity contribution < 1.29 is 48.8 Å². The van der Waals surface area contributed by atoms with Gasteiger partial charge in [0.1, 0.15) is 35.2 Å². The monoisotopic (exact) mass is 766 g/mol. The van der Waals surface area contributed by atoms with E-state index in [1.807, 2.05) is 13.0 Å². The molecule has 1 unspecified atom stereocenters. The van der Waals surface area contributed by atoms with Gasteiger partial charge in [-0.15, -0.1) is 0 Å². The van der Waals surface area contributed by atoms with Crippen LogP contribution in [0.1, 0.15) is 52.7 Å². The predicted octanol–water partition coefficient (Wildman–Crippen LogP) is 3.79. The van der Waals surface area contributed by atoms with Gasteiger partial charge >= 0.3 is 0 Å². The maximum absolute atomic E-state index is 14.6. The number of halogens is 2. The molecule has 0 saturated carbocycles. The molecular formula is C39H42Cl2N3O9+. The summed E-state index contributed by atoms with van der Waals surface area (Å²) >= 11 is 13.4. The highest BCUT2D eigenvalue weighted by atomic mass is 35.5. The zero-order valence-electron chi connectivity index (χ0n) is 29.6. The van der Waals surface area contributed by atoms with Crippen molar-refractivity contribution in [3.8, 4) is 11.5 Å². The third kappa shape index (κ3) is 7.08. The van der Waals surface area contributed by atoms with E-state index in [-0.39, 0.29) is 24.9 Å². The molecule has 12 nitrogen and oxygen atoms in total. The summed E-state index contributed by atoms with van der Waals surface area (Å²) in [6.07, 6.45) is -3.38. The fraction of sp³-hybridized carbons (Fsp3) is 0.359. The van der Waals surface area contributed by atoms with Crippen LogP contribution in [0, 0.1) is 0 Å². The van der Waals surface area contributed by atoms with Gasteiger partial charge in [-0.25, -0.2) is 0 Å². The minimum absolute atomic E-state index is 0.164. The zero-order chi connectivity index (χ0) is 38.2. The van der Waals surface area contributed by atoms with E-state index in [4.69, 9.17) is 37.4 Å². The average molecular weight is 768 g/mol. The Kier molecular flexibility index (Phi) is 11.3. The Morgan fingerprint density at radius 3 is 2.45 bits per heavy atom. The van der Waals surface area contributed by atoms with Crippen molar-refractivity contribution in [3.63, 3.8) is 0 Å². The highest BCUT2D eigenvalue weighted by molar-refractivity contribution is 6.33. The predicted molar refractivity (Wildman–Crippen MR) is 196 cm³/mol. The summed E-state index contributed by atoms with van der Waals surface area (Å²) in [7, 11) is 3.12. The number of carbonyl (C=O) groups excluding carboxylic acids is 2. The number of carbonyl (C=O) groups is 2. The second-order valence-corrected chi connectivity index (χ2v) is 14.1. The lowest BCUT2D eigenvalue weighted by atomic mass is 9.76. The van der Waals surface area contributed by atoms with E-state index in [1.165, 1.54) is 4.57 Å². The van der Waals surface area contributed by atoms with E-state index < -0.39 is 42.7 Å². The molecule has 2 aliphatic heterocycles. The van der Waals surface area contributed by atoms with E-state index in [9.17, 15) is 30.0 Å². The first-order chi connectivity index (χ1) is 25.4. The molecule has 1 aromatic heterocycles. The number of aromatic nitrogens is 1. The number of nitrogens with zero attached hydrogens (tertiary/aromatic N) is 3. The van der Waals surface area contributed by atoms with Crippen molar-refractivity contribution in [2.45, 2.75) is 63.0 Å². The standard InChI is InChI=1S/C39H42Cl2N3O9/c1-5-42(18-22-7-6-14-43(19-22)37-35(48)34(47)33(46)32(21-45)53-37)36(49)23-9-12-29(41)27(15-23)39(2)28-16-25(40)10-13-30(28)44(38(39)50)20-24-8-11-26(51-3)17-31(24)52-4/h6-17,19,32-35,37,45-48H,5,18,20-21H2,1-4H3/q+1/t32-,33-,34+,35-,37-,39?/m1/s1. The lowest BCUT2D eigenvalue weighted by molar-refractivity contribution is -0.778. The van der Waals surface area contributed by atoms with Gasteiger partial charge in [-0.05, 0) is 79.6 Å². The van der Waals surface area contributed by atoms with E-state index in [0.29, 0.717) is 56.0 Å². The summed E-state index contributed by atoms with van der Waals surface area (Å²) in [4.78, 5) is 32.1. The number of pyridine rings is 1. The van der Waals surface area contributed by atoms with Crippen molar-refractivity contribution in [2.24, 2.45) is 0 Å². The van der Waals surface area contributed by atoms with Crippen LogP contribution in [-0.4, -0.2) is 88.9 Å². The van der Waals surface area contributed by atoms with Crippen molar-refractivity contribution >= 4 is 40.7 Å². The van der Waals surface area contributed by atoms with Gasteiger partial charge in [-0.3, -0.25) is 9.59 Å². The van der Waals surface area contributed by atoms with Gasteiger partial charge < -0.3 is 44.4 Å². The Balaban J connectivity index is 1.30. The Morgan fingerprint density at radius 2 is 1.75 bits per heavy atom. The van der Waals surface area contributed by atoms with Gasteiger partial charge in [0.25, 0.3) is 12.1 Å². The Bertz CT molecular complexity index is 2010. The minimum atomic E-state index is -1.54. The molecule has 6 rings (SSSR count). The molecule has 1 fully saturated rings. The highest BCUT2D eigenvalue weighted by Crippen LogP contribution is 2.50. The topological polar surface area (TPSA) is 153 Å². The quantitative estimate of drug-likeness (QED) is 0.167. The molecule has 2 aliphatic rings. The number of hydrogen-bond donors (Lipinski definition) is 4. The summed E-state index contributed by atoms with van der Waals surface area (Å²) in [6.45, 7) is 3.76. The van der Waals surface area contributed by atoms with E-state index in [2.05, 4.69) is 0 Å². The number of fused-ring (bicyclic) bond motifs is 1. The molecule has 0 spiro atoms. The average Bonchev–Trinajstić information content (AvgIpc) is 3.37. The van der Waals surface area contributed by atoms with Crippen LogP contribution < -0.4 is 18.9 Å². The number of ether oxygens (including phenoxy) is 3. The summed E-state index contributed by atoms with van der Waals surface area (Å²) in [6, 6.07) is 19.1. The number of rotatable bonds is 11. The molecule has 1 saturated heterocycles. The van der Waals surface area contributed by atoms with E-state index >= 15 is 0 Å². The van der Waals surface area contributed by atoms with Crippen LogP contribution in [0.15, 0.2) is 79.1 Å². The maximum Gasteiger partial charge on any atom is 0.292 e. The Hall–Kier alpha value is -4.27. The third-order valence-corrected chi connectivity index (χ3v) is 10.7. The van der Waals surface area contributed by atoms with Crippen molar-refractivity contribution in [1.82, 2.24) is 4.90 Å². The number of methoxy groups -OCH3 is 2. The molecule has 4 N–H and O–H groups in total. The molecule has 0 aliphatic carbocycles. The third-order valence-electron chi connectivity index (χ3n) is 10.1. The van der Waals surface area contributed by atoms with Crippen LogP contribution in [0.25, 0.3) is 0 Å². The van der Waals surface area contributed by atoms with Crippen LogP contribution in [0.5, 0.6) is 11.5 Å². The number of benzene rings is 3. The Morgan fingerprint density at radius 1 is 0.981 bits per heavy atom. The Labute approximate surface area is 317 Å². The fourth-order valence-corrected chi connectivity index (χ4v) is 7.58. The first-order valence-corrected chi connectivity index (χ1v) is 17.8. The normalized spacial score (nSPS) is 23.8. The first-order valence-electron chi connectivity index (χ1n) is 17.1. The minimum Gasteiger partial charge on any atom is -0.497 e. The molecular weight excluding hydrogens is 725 g/mol. The summed E-state index contributed by atoms with van der Waals surface area (Å²) in [5.41, 5.74) is 2.19. The van der Waals surface area contributed by atoms with Crippen molar-refractivity contribution in [1.29, 1.82) is 0 Å². The summed E-state index contributed by atoms with van der Waals surface area (Å²) < 4.78 is 18.2. The van der Waals surface area contributed by atoms with Gasteiger partial charge in [-0.1, -0.05) is 23.2 Å². The second kappa shape index (κ2) is 15.6. The van der Waals surface area contributed by atoms with Crippen LogP contribution in [0.4, 0.5) is 5.69 Å². The van der Waals surface area contributed by atoms with Gasteiger partial charge in [0, 0.05) is 51.1 Å².